The number of fused-ring (bicyclic) bond motifs is 1. The van der Waals surface area contributed by atoms with E-state index in [-0.39, 0.29) is 17.8 Å². The van der Waals surface area contributed by atoms with Gasteiger partial charge in [0, 0.05) is 31.1 Å². The summed E-state index contributed by atoms with van der Waals surface area (Å²) >= 11 is 2.93. The first-order valence-electron chi connectivity index (χ1n) is 7.53. The second-order valence-corrected chi connectivity index (χ2v) is 9.80. The van der Waals surface area contributed by atoms with Crippen LogP contribution in [-0.4, -0.2) is 54.6 Å². The van der Waals surface area contributed by atoms with E-state index in [4.69, 9.17) is 0 Å². The molecule has 5 nitrogen and oxygen atoms in total. The van der Waals surface area contributed by atoms with Crippen molar-refractivity contribution in [3.63, 3.8) is 0 Å². The number of hydrogen-bond donors (Lipinski definition) is 1. The molecule has 0 amide bonds. The minimum atomic E-state index is -4.41. The maximum absolute atomic E-state index is 12.7. The maximum atomic E-state index is 12.7. The highest BCUT2D eigenvalue weighted by Crippen LogP contribution is 2.33. The van der Waals surface area contributed by atoms with Gasteiger partial charge in [-0.1, -0.05) is 11.3 Å². The first-order valence-corrected chi connectivity index (χ1v) is 11.1. The van der Waals surface area contributed by atoms with Crippen LogP contribution in [0, 0.1) is 0 Å². The Bertz CT molecular complexity index is 846. The summed E-state index contributed by atoms with van der Waals surface area (Å²) in [7, 11) is -3.32. The summed E-state index contributed by atoms with van der Waals surface area (Å²) in [6.45, 7) is 1.21. The topological polar surface area (TPSA) is 62.3 Å². The Kier molecular flexibility index (Phi) is 5.47. The van der Waals surface area contributed by atoms with E-state index in [1.807, 2.05) is 0 Å². The fraction of sp³-hybridized carbons (Fsp3) is 0.500. The molecule has 0 saturated carbocycles. The van der Waals surface area contributed by atoms with Gasteiger partial charge in [-0.15, -0.1) is 0 Å². The van der Waals surface area contributed by atoms with E-state index >= 15 is 0 Å². The van der Waals surface area contributed by atoms with Crippen molar-refractivity contribution in [3.8, 4) is 0 Å². The molecule has 2 aromatic rings. The summed E-state index contributed by atoms with van der Waals surface area (Å²) in [5.41, 5.74) is -0.499. The Morgan fingerprint density at radius 3 is 2.64 bits per heavy atom. The van der Waals surface area contributed by atoms with E-state index in [2.05, 4.69) is 10.3 Å². The Balaban J connectivity index is 1.63. The molecule has 1 aliphatic heterocycles. The molecular formula is C14H16F3N3O2S3. The van der Waals surface area contributed by atoms with Crippen LogP contribution in [0.4, 0.5) is 18.3 Å². The lowest BCUT2D eigenvalue weighted by Gasteiger charge is -2.25. The summed E-state index contributed by atoms with van der Waals surface area (Å²) in [6, 6.07) is 3.39. The summed E-state index contributed by atoms with van der Waals surface area (Å²) in [4.78, 5) is 4.11. The number of benzene rings is 1. The van der Waals surface area contributed by atoms with Crippen LogP contribution in [0.5, 0.6) is 0 Å². The number of rotatable bonds is 5. The van der Waals surface area contributed by atoms with Gasteiger partial charge in [0.15, 0.2) is 5.13 Å². The van der Waals surface area contributed by atoms with E-state index in [1.54, 1.807) is 11.8 Å². The average molecular weight is 411 g/mol. The predicted molar refractivity (Wildman–Crippen MR) is 95.8 cm³/mol. The van der Waals surface area contributed by atoms with Gasteiger partial charge in [0.05, 0.1) is 21.5 Å². The van der Waals surface area contributed by atoms with E-state index in [0.29, 0.717) is 22.9 Å². The van der Waals surface area contributed by atoms with Crippen molar-refractivity contribution in [1.29, 1.82) is 0 Å². The molecule has 1 fully saturated rings. The number of nitrogens with zero attached hydrogens (tertiary/aromatic N) is 2. The van der Waals surface area contributed by atoms with E-state index in [1.165, 1.54) is 21.7 Å². The highest BCUT2D eigenvalue weighted by molar-refractivity contribution is 7.99. The smallest absolute Gasteiger partial charge is 0.360 e. The van der Waals surface area contributed by atoms with Gasteiger partial charge < -0.3 is 5.32 Å². The Labute approximate surface area is 151 Å². The maximum Gasteiger partial charge on any atom is 0.416 e. The van der Waals surface area contributed by atoms with Crippen LogP contribution in [0.1, 0.15) is 5.56 Å². The predicted octanol–water partition coefficient (Wildman–Crippen LogP) is 3.11. The molecule has 0 radical (unpaired) electrons. The molecule has 0 aliphatic carbocycles. The highest BCUT2D eigenvalue weighted by Gasteiger charge is 2.30. The summed E-state index contributed by atoms with van der Waals surface area (Å²) < 4.78 is 64.7. The Morgan fingerprint density at radius 1 is 1.24 bits per heavy atom. The molecule has 1 aliphatic rings. The van der Waals surface area contributed by atoms with Gasteiger partial charge in [0.2, 0.25) is 10.0 Å². The molecule has 0 bridgehead atoms. The monoisotopic (exact) mass is 411 g/mol. The van der Waals surface area contributed by atoms with Crippen LogP contribution in [0.3, 0.4) is 0 Å². The van der Waals surface area contributed by atoms with Crippen LogP contribution < -0.4 is 5.32 Å². The fourth-order valence-corrected chi connectivity index (χ4v) is 5.78. The van der Waals surface area contributed by atoms with Gasteiger partial charge in [-0.3, -0.25) is 0 Å². The summed E-state index contributed by atoms with van der Waals surface area (Å²) in [5, 5.41) is 3.32. The molecule has 1 aromatic carbocycles. The first kappa shape index (κ1) is 18.7. The van der Waals surface area contributed by atoms with Crippen LogP contribution in [-0.2, 0) is 16.2 Å². The second kappa shape index (κ2) is 7.29. The average Bonchev–Trinajstić information content (AvgIpc) is 2.96. The minimum Gasteiger partial charge on any atom is -0.360 e. The number of alkyl halides is 3. The SMILES string of the molecule is O=S(=O)(CCNc1nc2cc(C(F)(F)F)ccc2s1)N1CCSCC1. The molecule has 3 rings (SSSR count). The molecule has 0 unspecified atom stereocenters. The number of thioether (sulfide) groups is 1. The number of sulfonamides is 1. The van der Waals surface area contributed by atoms with Gasteiger partial charge in [0.25, 0.3) is 0 Å². The summed E-state index contributed by atoms with van der Waals surface area (Å²) in [5.74, 6) is 1.53. The van der Waals surface area contributed by atoms with Crippen molar-refractivity contribution < 1.29 is 21.6 Å². The molecule has 0 spiro atoms. The van der Waals surface area contributed by atoms with Gasteiger partial charge in [-0.25, -0.2) is 17.7 Å². The van der Waals surface area contributed by atoms with Crippen molar-refractivity contribution >= 4 is 48.5 Å². The van der Waals surface area contributed by atoms with Crippen LogP contribution in [0.2, 0.25) is 0 Å². The largest absolute Gasteiger partial charge is 0.416 e. The zero-order valence-corrected chi connectivity index (χ0v) is 15.5. The number of hydrogen-bond acceptors (Lipinski definition) is 6. The molecule has 2 heterocycles. The molecule has 25 heavy (non-hydrogen) atoms. The Hall–Kier alpha value is -1.04. The third-order valence-corrected chi connectivity index (χ3v) is 7.52. The van der Waals surface area contributed by atoms with Crippen LogP contribution >= 0.6 is 23.1 Å². The van der Waals surface area contributed by atoms with Crippen LogP contribution in [0.25, 0.3) is 10.2 Å². The van der Waals surface area contributed by atoms with E-state index in [9.17, 15) is 21.6 Å². The standard InChI is InChI=1S/C14H16F3N3O2S3/c15-14(16,17)10-1-2-12-11(9-10)19-13(24-12)18-3-8-25(21,22)20-4-6-23-7-5-20/h1-2,9H,3-8H2,(H,18,19). The lowest BCUT2D eigenvalue weighted by atomic mass is 10.2. The summed E-state index contributed by atoms with van der Waals surface area (Å²) in [6.07, 6.45) is -4.41. The van der Waals surface area contributed by atoms with E-state index in [0.717, 1.165) is 23.6 Å². The third-order valence-electron chi connectivity index (χ3n) is 3.71. The molecule has 1 aromatic heterocycles. The van der Waals surface area contributed by atoms with Gasteiger partial charge in [-0.05, 0) is 18.2 Å². The molecular weight excluding hydrogens is 395 g/mol. The lowest BCUT2D eigenvalue weighted by Crippen LogP contribution is -2.40. The number of aromatic nitrogens is 1. The van der Waals surface area contributed by atoms with Crippen molar-refractivity contribution in [2.75, 3.05) is 42.2 Å². The van der Waals surface area contributed by atoms with Gasteiger partial charge >= 0.3 is 6.18 Å². The van der Waals surface area contributed by atoms with Crippen molar-refractivity contribution in [1.82, 2.24) is 9.29 Å². The number of halogens is 3. The molecule has 1 saturated heterocycles. The second-order valence-electron chi connectivity index (χ2n) is 5.45. The van der Waals surface area contributed by atoms with Crippen molar-refractivity contribution in [3.05, 3.63) is 23.8 Å². The van der Waals surface area contributed by atoms with E-state index < -0.39 is 21.8 Å². The third kappa shape index (κ3) is 4.57. The molecule has 0 atom stereocenters. The zero-order valence-electron chi connectivity index (χ0n) is 13.0. The molecule has 1 N–H and O–H groups in total. The minimum absolute atomic E-state index is 0.0681. The van der Waals surface area contributed by atoms with Crippen LogP contribution in [0.15, 0.2) is 18.2 Å². The highest BCUT2D eigenvalue weighted by atomic mass is 32.2. The quantitative estimate of drug-likeness (QED) is 0.819. The van der Waals surface area contributed by atoms with Crippen molar-refractivity contribution in [2.45, 2.75) is 6.18 Å². The zero-order chi connectivity index (χ0) is 18.1. The number of thiazole rings is 1. The fourth-order valence-electron chi connectivity index (χ4n) is 2.42. The Morgan fingerprint density at radius 2 is 1.96 bits per heavy atom. The van der Waals surface area contributed by atoms with Gasteiger partial charge in [-0.2, -0.15) is 24.9 Å². The molecule has 138 valence electrons. The normalized spacial score (nSPS) is 17.1. The first-order chi connectivity index (χ1) is 11.8. The van der Waals surface area contributed by atoms with Gasteiger partial charge in [0.1, 0.15) is 0 Å². The number of anilines is 1. The number of nitrogens with one attached hydrogen (secondary N) is 1. The lowest BCUT2D eigenvalue weighted by molar-refractivity contribution is -0.137. The van der Waals surface area contributed by atoms with Crippen molar-refractivity contribution in [2.24, 2.45) is 0 Å². The molecule has 11 heteroatoms.